The third-order valence-electron chi connectivity index (χ3n) is 2.25. The van der Waals surface area contributed by atoms with Crippen LogP contribution in [-0.2, 0) is 4.79 Å². The Morgan fingerprint density at radius 3 is 2.86 bits per heavy atom. The lowest BCUT2D eigenvalue weighted by Gasteiger charge is -2.31. The molecule has 1 rings (SSSR count). The summed E-state index contributed by atoms with van der Waals surface area (Å²) in [5.41, 5.74) is 0. The lowest BCUT2D eigenvalue weighted by Crippen LogP contribution is -2.48. The van der Waals surface area contributed by atoms with E-state index >= 15 is 0 Å². The van der Waals surface area contributed by atoms with Gasteiger partial charge in [0.2, 0.25) is 5.91 Å². The Bertz CT molecular complexity index is 226. The van der Waals surface area contributed by atoms with Crippen molar-refractivity contribution in [1.29, 1.82) is 0 Å². The molecule has 0 saturated carbocycles. The lowest BCUT2D eigenvalue weighted by molar-refractivity contribution is -0.134. The molecule has 4 nitrogen and oxygen atoms in total. The number of rotatable bonds is 3. The van der Waals surface area contributed by atoms with E-state index in [-0.39, 0.29) is 5.91 Å². The molecule has 14 heavy (non-hydrogen) atoms. The number of aliphatic hydroxyl groups is 1. The number of likely N-dealkylation sites (N-methyl/N-ethyl adjacent to an activating group) is 1. The fourth-order valence-corrected chi connectivity index (χ4v) is 1.40. The highest BCUT2D eigenvalue weighted by atomic mass is 16.3. The molecule has 1 amide bonds. The van der Waals surface area contributed by atoms with E-state index in [1.807, 2.05) is 18.0 Å². The van der Waals surface area contributed by atoms with Gasteiger partial charge in [0.05, 0.1) is 12.6 Å². The Labute approximate surface area is 84.8 Å². The second kappa shape index (κ2) is 5.12. The van der Waals surface area contributed by atoms with Crippen LogP contribution in [0.3, 0.4) is 0 Å². The normalized spacial score (nSPS) is 21.9. The number of piperazine rings is 1. The molecular formula is C10H18N2O2. The number of carbonyl (C=O) groups is 1. The Balaban J connectivity index is 2.34. The second-order valence-corrected chi connectivity index (χ2v) is 3.75. The molecule has 0 spiro atoms. The van der Waals surface area contributed by atoms with Crippen molar-refractivity contribution in [2.45, 2.75) is 13.0 Å². The number of nitrogens with zero attached hydrogens (tertiary/aromatic N) is 2. The van der Waals surface area contributed by atoms with E-state index in [1.165, 1.54) is 0 Å². The summed E-state index contributed by atoms with van der Waals surface area (Å²) in [6.07, 6.45) is 3.11. The van der Waals surface area contributed by atoms with E-state index in [9.17, 15) is 4.79 Å². The Morgan fingerprint density at radius 2 is 2.29 bits per heavy atom. The van der Waals surface area contributed by atoms with Crippen molar-refractivity contribution in [2.24, 2.45) is 0 Å². The van der Waals surface area contributed by atoms with E-state index in [1.54, 1.807) is 17.9 Å². The van der Waals surface area contributed by atoms with Crippen LogP contribution < -0.4 is 0 Å². The van der Waals surface area contributed by atoms with Crippen molar-refractivity contribution < 1.29 is 9.90 Å². The first-order valence-electron chi connectivity index (χ1n) is 4.90. The standard InChI is InChI=1S/C10H18N2O2/c1-9(13)4-3-5-12-7-6-11(2)8-10(12)14/h3-4,9,13H,5-8H2,1-2H3/b4-3+. The number of amides is 1. The van der Waals surface area contributed by atoms with Crippen LogP contribution in [0.5, 0.6) is 0 Å². The first-order valence-corrected chi connectivity index (χ1v) is 4.90. The molecule has 0 aromatic rings. The van der Waals surface area contributed by atoms with Gasteiger partial charge in [-0.25, -0.2) is 0 Å². The zero-order chi connectivity index (χ0) is 10.6. The van der Waals surface area contributed by atoms with Gasteiger partial charge in [-0.05, 0) is 14.0 Å². The van der Waals surface area contributed by atoms with Crippen molar-refractivity contribution in [1.82, 2.24) is 9.80 Å². The average molecular weight is 198 g/mol. The van der Waals surface area contributed by atoms with Crippen molar-refractivity contribution in [3.05, 3.63) is 12.2 Å². The highest BCUT2D eigenvalue weighted by Gasteiger charge is 2.19. The minimum Gasteiger partial charge on any atom is -0.389 e. The quantitative estimate of drug-likeness (QED) is 0.633. The van der Waals surface area contributed by atoms with Gasteiger partial charge >= 0.3 is 0 Å². The molecule has 80 valence electrons. The van der Waals surface area contributed by atoms with Gasteiger partial charge in [0.15, 0.2) is 0 Å². The number of carbonyl (C=O) groups excluding carboxylic acids is 1. The molecule has 0 aromatic heterocycles. The van der Waals surface area contributed by atoms with Gasteiger partial charge in [0.25, 0.3) is 0 Å². The first-order chi connectivity index (χ1) is 6.59. The minimum absolute atomic E-state index is 0.161. The smallest absolute Gasteiger partial charge is 0.237 e. The van der Waals surface area contributed by atoms with Crippen molar-refractivity contribution >= 4 is 5.91 Å². The van der Waals surface area contributed by atoms with Gasteiger partial charge in [-0.1, -0.05) is 12.2 Å². The maximum Gasteiger partial charge on any atom is 0.237 e. The third-order valence-corrected chi connectivity index (χ3v) is 2.25. The molecule has 1 heterocycles. The Kier molecular flexibility index (Phi) is 4.10. The van der Waals surface area contributed by atoms with Crippen LogP contribution in [0, 0.1) is 0 Å². The number of hydrogen-bond donors (Lipinski definition) is 1. The molecule has 1 unspecified atom stereocenters. The SMILES string of the molecule is CC(O)/C=C/CN1CCN(C)CC1=O. The lowest BCUT2D eigenvalue weighted by atomic mass is 10.3. The molecule has 0 aromatic carbocycles. The molecule has 1 N–H and O–H groups in total. The fraction of sp³-hybridized carbons (Fsp3) is 0.700. The van der Waals surface area contributed by atoms with Gasteiger partial charge in [-0.15, -0.1) is 0 Å². The van der Waals surface area contributed by atoms with Gasteiger partial charge in [0, 0.05) is 19.6 Å². The van der Waals surface area contributed by atoms with Gasteiger partial charge in [-0.3, -0.25) is 9.69 Å². The van der Waals surface area contributed by atoms with Gasteiger partial charge in [-0.2, -0.15) is 0 Å². The predicted molar refractivity (Wildman–Crippen MR) is 54.9 cm³/mol. The Morgan fingerprint density at radius 1 is 1.57 bits per heavy atom. The van der Waals surface area contributed by atoms with Crippen molar-refractivity contribution in [2.75, 3.05) is 33.2 Å². The molecule has 0 radical (unpaired) electrons. The summed E-state index contributed by atoms with van der Waals surface area (Å²) in [5, 5.41) is 8.99. The monoisotopic (exact) mass is 198 g/mol. The van der Waals surface area contributed by atoms with Gasteiger partial charge in [0.1, 0.15) is 0 Å². The summed E-state index contributed by atoms with van der Waals surface area (Å²) >= 11 is 0. The van der Waals surface area contributed by atoms with Crippen LogP contribution >= 0.6 is 0 Å². The Hall–Kier alpha value is -0.870. The van der Waals surface area contributed by atoms with E-state index in [0.29, 0.717) is 13.1 Å². The van der Waals surface area contributed by atoms with Crippen LogP contribution in [0.2, 0.25) is 0 Å². The molecule has 1 fully saturated rings. The highest BCUT2D eigenvalue weighted by molar-refractivity contribution is 5.79. The van der Waals surface area contributed by atoms with Crippen LogP contribution in [0.4, 0.5) is 0 Å². The van der Waals surface area contributed by atoms with Gasteiger partial charge < -0.3 is 10.0 Å². The molecule has 0 bridgehead atoms. The van der Waals surface area contributed by atoms with Crippen LogP contribution in [0.25, 0.3) is 0 Å². The second-order valence-electron chi connectivity index (χ2n) is 3.75. The molecule has 1 aliphatic rings. The molecule has 1 aliphatic heterocycles. The number of hydrogen-bond acceptors (Lipinski definition) is 3. The van der Waals surface area contributed by atoms with Crippen molar-refractivity contribution in [3.8, 4) is 0 Å². The molecule has 0 aliphatic carbocycles. The molecule has 1 saturated heterocycles. The van der Waals surface area contributed by atoms with Crippen LogP contribution in [0.15, 0.2) is 12.2 Å². The van der Waals surface area contributed by atoms with E-state index in [4.69, 9.17) is 5.11 Å². The largest absolute Gasteiger partial charge is 0.389 e. The van der Waals surface area contributed by atoms with Crippen LogP contribution in [0.1, 0.15) is 6.92 Å². The van der Waals surface area contributed by atoms with E-state index in [0.717, 1.165) is 13.1 Å². The fourth-order valence-electron chi connectivity index (χ4n) is 1.40. The van der Waals surface area contributed by atoms with E-state index in [2.05, 4.69) is 0 Å². The summed E-state index contributed by atoms with van der Waals surface area (Å²) in [6, 6.07) is 0. The molecule has 4 heteroatoms. The maximum atomic E-state index is 11.5. The summed E-state index contributed by atoms with van der Waals surface area (Å²) < 4.78 is 0. The molecular weight excluding hydrogens is 180 g/mol. The highest BCUT2D eigenvalue weighted by Crippen LogP contribution is 2.00. The summed E-state index contributed by atoms with van der Waals surface area (Å²) in [6.45, 7) is 4.51. The topological polar surface area (TPSA) is 43.8 Å². The number of aliphatic hydroxyl groups excluding tert-OH is 1. The predicted octanol–water partition coefficient (Wildman–Crippen LogP) is -0.303. The zero-order valence-electron chi connectivity index (χ0n) is 8.81. The molecule has 1 atom stereocenters. The average Bonchev–Trinajstić information content (AvgIpc) is 2.08. The maximum absolute atomic E-state index is 11.5. The third kappa shape index (κ3) is 3.47. The van der Waals surface area contributed by atoms with Crippen LogP contribution in [-0.4, -0.2) is 60.1 Å². The van der Waals surface area contributed by atoms with Crippen molar-refractivity contribution in [3.63, 3.8) is 0 Å². The minimum atomic E-state index is -0.433. The summed E-state index contributed by atoms with van der Waals surface area (Å²) in [4.78, 5) is 15.3. The summed E-state index contributed by atoms with van der Waals surface area (Å²) in [5.74, 6) is 0.161. The summed E-state index contributed by atoms with van der Waals surface area (Å²) in [7, 11) is 1.95. The zero-order valence-corrected chi connectivity index (χ0v) is 8.81. The first kappa shape index (κ1) is 11.2. The van der Waals surface area contributed by atoms with E-state index < -0.39 is 6.10 Å².